The van der Waals surface area contributed by atoms with E-state index in [4.69, 9.17) is 4.74 Å². The van der Waals surface area contributed by atoms with E-state index in [0.717, 1.165) is 12.2 Å². The fraction of sp³-hybridized carbons (Fsp3) is 0.250. The average molecular weight is 149 g/mol. The molecule has 0 bridgehead atoms. The van der Waals surface area contributed by atoms with Gasteiger partial charge in [-0.25, -0.2) is 0 Å². The number of nitrogens with zero attached hydrogens (tertiary/aromatic N) is 1. The summed E-state index contributed by atoms with van der Waals surface area (Å²) in [6.45, 7) is 0.799. The Labute approximate surface area is 64.0 Å². The van der Waals surface area contributed by atoms with Gasteiger partial charge in [0.15, 0.2) is 0 Å². The van der Waals surface area contributed by atoms with Crippen LogP contribution in [0.1, 0.15) is 11.7 Å². The SMILES string of the molecule is O=Nc1ccc(C2CO2)cc1. The Hall–Kier alpha value is -1.22. The molecule has 1 saturated heterocycles. The van der Waals surface area contributed by atoms with Gasteiger partial charge in [0, 0.05) is 0 Å². The van der Waals surface area contributed by atoms with Gasteiger partial charge in [0.2, 0.25) is 0 Å². The molecule has 0 aromatic heterocycles. The molecule has 0 amide bonds. The second-order valence-electron chi connectivity index (χ2n) is 2.50. The maximum absolute atomic E-state index is 10.0. The van der Waals surface area contributed by atoms with E-state index in [1.165, 1.54) is 0 Å². The lowest BCUT2D eigenvalue weighted by Gasteiger charge is -1.93. The number of rotatable bonds is 2. The summed E-state index contributed by atoms with van der Waals surface area (Å²) >= 11 is 0. The van der Waals surface area contributed by atoms with E-state index in [1.54, 1.807) is 12.1 Å². The minimum Gasteiger partial charge on any atom is -0.368 e. The fourth-order valence-corrected chi connectivity index (χ4v) is 0.990. The molecule has 0 aliphatic carbocycles. The number of nitroso groups, excluding NO2 is 1. The first-order valence-corrected chi connectivity index (χ1v) is 3.45. The first kappa shape index (κ1) is 6.49. The van der Waals surface area contributed by atoms with Gasteiger partial charge in [-0.05, 0) is 22.9 Å². The molecule has 1 aromatic carbocycles. The zero-order valence-electron chi connectivity index (χ0n) is 5.86. The molecule has 1 aliphatic heterocycles. The first-order valence-electron chi connectivity index (χ1n) is 3.45. The fourth-order valence-electron chi connectivity index (χ4n) is 0.990. The second kappa shape index (κ2) is 2.43. The van der Waals surface area contributed by atoms with Crippen LogP contribution in [0.15, 0.2) is 29.4 Å². The number of hydrogen-bond acceptors (Lipinski definition) is 3. The highest BCUT2D eigenvalue weighted by Crippen LogP contribution is 2.30. The van der Waals surface area contributed by atoms with E-state index in [1.807, 2.05) is 12.1 Å². The summed E-state index contributed by atoms with van der Waals surface area (Å²) in [5, 5.41) is 2.80. The monoisotopic (exact) mass is 149 g/mol. The summed E-state index contributed by atoms with van der Waals surface area (Å²) in [7, 11) is 0. The summed E-state index contributed by atoms with van der Waals surface area (Å²) in [6, 6.07) is 7.14. The molecule has 1 fully saturated rings. The maximum Gasteiger partial charge on any atom is 0.108 e. The average Bonchev–Trinajstić information content (AvgIpc) is 2.87. The predicted octanol–water partition coefficient (Wildman–Crippen LogP) is 2.16. The second-order valence-corrected chi connectivity index (χ2v) is 2.50. The third-order valence-electron chi connectivity index (χ3n) is 1.70. The Kier molecular flexibility index (Phi) is 1.43. The van der Waals surface area contributed by atoms with Crippen molar-refractivity contribution < 1.29 is 4.74 Å². The van der Waals surface area contributed by atoms with E-state index < -0.39 is 0 Å². The van der Waals surface area contributed by atoms with Crippen LogP contribution >= 0.6 is 0 Å². The lowest BCUT2D eigenvalue weighted by atomic mass is 10.1. The molecule has 3 nitrogen and oxygen atoms in total. The molecule has 1 aliphatic rings. The molecule has 1 atom stereocenters. The van der Waals surface area contributed by atoms with Crippen molar-refractivity contribution >= 4 is 5.69 Å². The van der Waals surface area contributed by atoms with E-state index in [9.17, 15) is 4.91 Å². The number of hydrogen-bond donors (Lipinski definition) is 0. The van der Waals surface area contributed by atoms with Crippen molar-refractivity contribution in [2.24, 2.45) is 5.18 Å². The predicted molar refractivity (Wildman–Crippen MR) is 40.6 cm³/mol. The summed E-state index contributed by atoms with van der Waals surface area (Å²) in [5.41, 5.74) is 1.59. The summed E-state index contributed by atoms with van der Waals surface area (Å²) in [5.74, 6) is 0. The van der Waals surface area contributed by atoms with Crippen LogP contribution in [0.4, 0.5) is 5.69 Å². The Morgan fingerprint density at radius 1 is 1.36 bits per heavy atom. The van der Waals surface area contributed by atoms with Gasteiger partial charge in [0.25, 0.3) is 0 Å². The van der Waals surface area contributed by atoms with Crippen LogP contribution in [0.3, 0.4) is 0 Å². The van der Waals surface area contributed by atoms with Crippen molar-refractivity contribution in [3.8, 4) is 0 Å². The zero-order chi connectivity index (χ0) is 7.68. The maximum atomic E-state index is 10.0. The molecule has 0 saturated carbocycles. The van der Waals surface area contributed by atoms with Gasteiger partial charge in [-0.15, -0.1) is 4.91 Å². The van der Waals surface area contributed by atoms with Gasteiger partial charge in [-0.2, -0.15) is 0 Å². The quantitative estimate of drug-likeness (QED) is 0.477. The lowest BCUT2D eigenvalue weighted by molar-refractivity contribution is 0.415. The number of epoxide rings is 1. The van der Waals surface area contributed by atoms with E-state index in [-0.39, 0.29) is 6.10 Å². The molecule has 0 radical (unpaired) electrons. The molecule has 0 spiro atoms. The molecule has 2 rings (SSSR count). The highest BCUT2D eigenvalue weighted by molar-refractivity contribution is 5.39. The standard InChI is InChI=1S/C8H7NO2/c10-9-7-3-1-6(2-4-7)8-5-11-8/h1-4,8H,5H2. The topological polar surface area (TPSA) is 42.0 Å². The van der Waals surface area contributed by atoms with Crippen LogP contribution < -0.4 is 0 Å². The molecular formula is C8H7NO2. The Morgan fingerprint density at radius 3 is 2.45 bits per heavy atom. The molecule has 3 heteroatoms. The van der Waals surface area contributed by atoms with Crippen LogP contribution in [0.25, 0.3) is 0 Å². The van der Waals surface area contributed by atoms with Crippen LogP contribution in [0, 0.1) is 4.91 Å². The number of ether oxygens (including phenoxy) is 1. The van der Waals surface area contributed by atoms with Crippen molar-refractivity contribution in [1.82, 2.24) is 0 Å². The zero-order valence-corrected chi connectivity index (χ0v) is 5.86. The number of benzene rings is 1. The third kappa shape index (κ3) is 1.28. The summed E-state index contributed by atoms with van der Waals surface area (Å²) < 4.78 is 5.06. The van der Waals surface area contributed by atoms with Crippen LogP contribution in [0.2, 0.25) is 0 Å². The molecule has 1 unspecified atom stereocenters. The highest BCUT2D eigenvalue weighted by atomic mass is 16.6. The van der Waals surface area contributed by atoms with Crippen molar-refractivity contribution in [2.75, 3.05) is 6.61 Å². The molecule has 1 heterocycles. The van der Waals surface area contributed by atoms with Crippen LogP contribution in [0.5, 0.6) is 0 Å². The van der Waals surface area contributed by atoms with Crippen molar-refractivity contribution in [3.63, 3.8) is 0 Å². The minimum atomic E-state index is 0.260. The van der Waals surface area contributed by atoms with Gasteiger partial charge in [0.1, 0.15) is 11.8 Å². The lowest BCUT2D eigenvalue weighted by Crippen LogP contribution is -1.76. The van der Waals surface area contributed by atoms with E-state index in [2.05, 4.69) is 5.18 Å². The molecule has 1 aromatic rings. The smallest absolute Gasteiger partial charge is 0.108 e. The van der Waals surface area contributed by atoms with Gasteiger partial charge >= 0.3 is 0 Å². The molecule has 0 N–H and O–H groups in total. The van der Waals surface area contributed by atoms with E-state index in [0.29, 0.717) is 5.69 Å². The third-order valence-corrected chi connectivity index (χ3v) is 1.70. The molecule has 56 valence electrons. The normalized spacial score (nSPS) is 21.3. The highest BCUT2D eigenvalue weighted by Gasteiger charge is 2.24. The minimum absolute atomic E-state index is 0.260. The summed E-state index contributed by atoms with van der Waals surface area (Å²) in [4.78, 5) is 10.0. The molecular weight excluding hydrogens is 142 g/mol. The van der Waals surface area contributed by atoms with Crippen molar-refractivity contribution in [1.29, 1.82) is 0 Å². The molecule has 11 heavy (non-hydrogen) atoms. The van der Waals surface area contributed by atoms with Gasteiger partial charge in [-0.3, -0.25) is 0 Å². The van der Waals surface area contributed by atoms with Crippen LogP contribution in [-0.4, -0.2) is 6.61 Å². The summed E-state index contributed by atoms with van der Waals surface area (Å²) in [6.07, 6.45) is 0.260. The largest absolute Gasteiger partial charge is 0.368 e. The van der Waals surface area contributed by atoms with Gasteiger partial charge < -0.3 is 4.74 Å². The van der Waals surface area contributed by atoms with Gasteiger partial charge in [0.05, 0.1) is 6.61 Å². The Morgan fingerprint density at radius 2 is 2.00 bits per heavy atom. The van der Waals surface area contributed by atoms with E-state index >= 15 is 0 Å². The Balaban J connectivity index is 2.25. The van der Waals surface area contributed by atoms with Crippen molar-refractivity contribution in [2.45, 2.75) is 6.10 Å². The Bertz CT molecular complexity index is 264. The van der Waals surface area contributed by atoms with Crippen molar-refractivity contribution in [3.05, 3.63) is 34.7 Å². The van der Waals surface area contributed by atoms with Crippen LogP contribution in [-0.2, 0) is 4.74 Å². The van der Waals surface area contributed by atoms with Gasteiger partial charge in [-0.1, -0.05) is 12.1 Å². The first-order chi connectivity index (χ1) is 5.40.